The highest BCUT2D eigenvalue weighted by Gasteiger charge is 2.19. The first kappa shape index (κ1) is 16.3. The van der Waals surface area contributed by atoms with Crippen LogP contribution in [0.3, 0.4) is 0 Å². The molecule has 1 aromatic carbocycles. The molecule has 0 amide bonds. The second-order valence-electron chi connectivity index (χ2n) is 4.94. The number of hydrogen-bond acceptors (Lipinski definition) is 4. The predicted molar refractivity (Wildman–Crippen MR) is 85.0 cm³/mol. The van der Waals surface area contributed by atoms with Crippen LogP contribution in [-0.4, -0.2) is 44.4 Å². The van der Waals surface area contributed by atoms with Gasteiger partial charge in [0.1, 0.15) is 5.75 Å². The third-order valence-corrected chi connectivity index (χ3v) is 4.54. The Balaban J connectivity index is 2.71. The van der Waals surface area contributed by atoms with E-state index in [2.05, 4.69) is 38.1 Å². The highest BCUT2D eigenvalue weighted by atomic mass is 32.2. The van der Waals surface area contributed by atoms with Gasteiger partial charge in [0.15, 0.2) is 0 Å². The van der Waals surface area contributed by atoms with Crippen molar-refractivity contribution in [2.24, 2.45) is 5.73 Å². The molecule has 0 spiro atoms. The molecule has 108 valence electrons. The van der Waals surface area contributed by atoms with E-state index in [1.807, 2.05) is 23.9 Å². The maximum absolute atomic E-state index is 6.27. The highest BCUT2D eigenvalue weighted by molar-refractivity contribution is 7.99. The van der Waals surface area contributed by atoms with Crippen LogP contribution in [0.25, 0.3) is 0 Å². The molecule has 0 bridgehead atoms. The molecule has 0 aliphatic heterocycles. The molecule has 1 rings (SSSR count). The summed E-state index contributed by atoms with van der Waals surface area (Å²) in [7, 11) is 5.89. The number of nitrogens with zero attached hydrogens (tertiary/aromatic N) is 1. The molecule has 4 heteroatoms. The van der Waals surface area contributed by atoms with Gasteiger partial charge in [0.2, 0.25) is 0 Å². The average Bonchev–Trinajstić information content (AvgIpc) is 2.43. The van der Waals surface area contributed by atoms with Gasteiger partial charge in [-0.15, -0.1) is 0 Å². The zero-order valence-corrected chi connectivity index (χ0v) is 13.2. The van der Waals surface area contributed by atoms with Crippen molar-refractivity contribution in [3.05, 3.63) is 29.8 Å². The van der Waals surface area contributed by atoms with Gasteiger partial charge < -0.3 is 15.4 Å². The largest absolute Gasteiger partial charge is 0.497 e. The van der Waals surface area contributed by atoms with E-state index in [-0.39, 0.29) is 6.04 Å². The van der Waals surface area contributed by atoms with Gasteiger partial charge in [-0.1, -0.05) is 19.1 Å². The minimum absolute atomic E-state index is 0.195. The van der Waals surface area contributed by atoms with E-state index in [9.17, 15) is 0 Å². The lowest BCUT2D eigenvalue weighted by Crippen LogP contribution is -2.27. The smallest absolute Gasteiger partial charge is 0.118 e. The van der Waals surface area contributed by atoms with Crippen LogP contribution in [0.1, 0.15) is 24.2 Å². The molecule has 2 unspecified atom stereocenters. The summed E-state index contributed by atoms with van der Waals surface area (Å²) in [5, 5.41) is 0.357. The van der Waals surface area contributed by atoms with E-state index >= 15 is 0 Å². The Morgan fingerprint density at radius 3 is 2.37 bits per heavy atom. The molecule has 2 N–H and O–H groups in total. The molecule has 0 aliphatic carbocycles. The van der Waals surface area contributed by atoms with E-state index in [1.165, 1.54) is 5.56 Å². The molecule has 0 saturated carbocycles. The maximum atomic E-state index is 6.27. The molecule has 0 radical (unpaired) electrons. The Kier molecular flexibility index (Phi) is 7.28. The number of thioether (sulfide) groups is 1. The van der Waals surface area contributed by atoms with Gasteiger partial charge in [-0.25, -0.2) is 0 Å². The Morgan fingerprint density at radius 1 is 1.26 bits per heavy atom. The second-order valence-corrected chi connectivity index (χ2v) is 6.19. The molecular weight excluding hydrogens is 256 g/mol. The quantitative estimate of drug-likeness (QED) is 0.796. The SMILES string of the molecule is CCC(N)C(SCCN(C)C)c1ccc(OC)cc1. The number of benzene rings is 1. The second kappa shape index (κ2) is 8.46. The molecule has 0 aliphatic rings. The van der Waals surface area contributed by atoms with Gasteiger partial charge in [0.25, 0.3) is 0 Å². The third kappa shape index (κ3) is 5.43. The van der Waals surface area contributed by atoms with Crippen LogP contribution in [0, 0.1) is 0 Å². The summed E-state index contributed by atoms with van der Waals surface area (Å²) in [4.78, 5) is 2.20. The summed E-state index contributed by atoms with van der Waals surface area (Å²) in [6, 6.07) is 8.47. The monoisotopic (exact) mass is 282 g/mol. The number of nitrogens with two attached hydrogens (primary N) is 1. The first-order valence-electron chi connectivity index (χ1n) is 6.74. The summed E-state index contributed by atoms with van der Waals surface area (Å²) in [6.07, 6.45) is 0.992. The molecule has 0 saturated heterocycles. The first-order chi connectivity index (χ1) is 9.08. The standard InChI is InChI=1S/C15H26N2OS/c1-5-14(16)15(19-11-10-17(2)3)12-6-8-13(18-4)9-7-12/h6-9,14-15H,5,10-11,16H2,1-4H3. The summed E-state index contributed by atoms with van der Waals surface area (Å²) >= 11 is 1.94. The Morgan fingerprint density at radius 2 is 1.89 bits per heavy atom. The number of methoxy groups -OCH3 is 1. The fourth-order valence-electron chi connectivity index (χ4n) is 1.84. The molecule has 0 aromatic heterocycles. The molecular formula is C15H26N2OS. The average molecular weight is 282 g/mol. The van der Waals surface area contributed by atoms with Crippen LogP contribution in [0.4, 0.5) is 0 Å². The van der Waals surface area contributed by atoms with Gasteiger partial charge in [-0.3, -0.25) is 0 Å². The van der Waals surface area contributed by atoms with Crippen molar-refractivity contribution in [3.8, 4) is 5.75 Å². The van der Waals surface area contributed by atoms with Gasteiger partial charge in [-0.05, 0) is 38.2 Å². The van der Waals surface area contributed by atoms with Gasteiger partial charge in [0.05, 0.1) is 7.11 Å². The van der Waals surface area contributed by atoms with Crippen molar-refractivity contribution < 1.29 is 4.74 Å². The molecule has 1 aromatic rings. The minimum Gasteiger partial charge on any atom is -0.497 e. The van der Waals surface area contributed by atoms with Crippen molar-refractivity contribution in [2.75, 3.05) is 33.5 Å². The Bertz CT molecular complexity index is 354. The number of hydrogen-bond donors (Lipinski definition) is 1. The van der Waals surface area contributed by atoms with E-state index in [1.54, 1.807) is 7.11 Å². The van der Waals surface area contributed by atoms with Gasteiger partial charge in [-0.2, -0.15) is 11.8 Å². The topological polar surface area (TPSA) is 38.5 Å². The minimum atomic E-state index is 0.195. The van der Waals surface area contributed by atoms with Crippen LogP contribution in [0.15, 0.2) is 24.3 Å². The fraction of sp³-hybridized carbons (Fsp3) is 0.600. The molecule has 0 heterocycles. The van der Waals surface area contributed by atoms with E-state index in [0.29, 0.717) is 5.25 Å². The van der Waals surface area contributed by atoms with E-state index in [0.717, 1.165) is 24.5 Å². The lowest BCUT2D eigenvalue weighted by molar-refractivity contribution is 0.414. The van der Waals surface area contributed by atoms with Crippen LogP contribution in [0.2, 0.25) is 0 Å². The zero-order valence-electron chi connectivity index (χ0n) is 12.4. The van der Waals surface area contributed by atoms with Crippen molar-refractivity contribution in [2.45, 2.75) is 24.6 Å². The van der Waals surface area contributed by atoms with Gasteiger partial charge >= 0.3 is 0 Å². The fourth-order valence-corrected chi connectivity index (χ4v) is 3.35. The lowest BCUT2D eigenvalue weighted by atomic mass is 10.0. The van der Waals surface area contributed by atoms with E-state index in [4.69, 9.17) is 10.5 Å². The van der Waals surface area contributed by atoms with Crippen molar-refractivity contribution in [3.63, 3.8) is 0 Å². The van der Waals surface area contributed by atoms with Crippen LogP contribution in [0.5, 0.6) is 5.75 Å². The highest BCUT2D eigenvalue weighted by Crippen LogP contribution is 2.33. The maximum Gasteiger partial charge on any atom is 0.118 e. The summed E-state index contributed by atoms with van der Waals surface area (Å²) in [5.41, 5.74) is 7.56. The Labute approximate surface area is 121 Å². The molecule has 19 heavy (non-hydrogen) atoms. The van der Waals surface area contributed by atoms with Crippen LogP contribution < -0.4 is 10.5 Å². The number of ether oxygens (including phenoxy) is 1. The van der Waals surface area contributed by atoms with Crippen LogP contribution in [-0.2, 0) is 0 Å². The Hall–Kier alpha value is -0.710. The van der Waals surface area contributed by atoms with Crippen LogP contribution >= 0.6 is 11.8 Å². The third-order valence-electron chi connectivity index (χ3n) is 3.14. The first-order valence-corrected chi connectivity index (χ1v) is 7.79. The molecule has 2 atom stereocenters. The van der Waals surface area contributed by atoms with Crippen molar-refractivity contribution >= 4 is 11.8 Å². The van der Waals surface area contributed by atoms with Gasteiger partial charge in [0, 0.05) is 23.6 Å². The molecule has 3 nitrogen and oxygen atoms in total. The predicted octanol–water partition coefficient (Wildman–Crippen LogP) is 2.77. The van der Waals surface area contributed by atoms with E-state index < -0.39 is 0 Å². The normalized spacial score (nSPS) is 14.4. The summed E-state index contributed by atoms with van der Waals surface area (Å²) in [5.74, 6) is 1.99. The summed E-state index contributed by atoms with van der Waals surface area (Å²) in [6.45, 7) is 3.22. The lowest BCUT2D eigenvalue weighted by Gasteiger charge is -2.24. The zero-order chi connectivity index (χ0) is 14.3. The molecule has 0 fully saturated rings. The van der Waals surface area contributed by atoms with Crippen molar-refractivity contribution in [1.29, 1.82) is 0 Å². The summed E-state index contributed by atoms with van der Waals surface area (Å²) < 4.78 is 5.20. The van der Waals surface area contributed by atoms with Crippen molar-refractivity contribution in [1.82, 2.24) is 4.90 Å². The number of rotatable bonds is 8.